The molecule has 0 aliphatic rings. The Kier molecular flexibility index (Phi) is 3.39. The normalized spacial score (nSPS) is 11.7. The zero-order valence-corrected chi connectivity index (χ0v) is 10.8. The van der Waals surface area contributed by atoms with Crippen LogP contribution in [-0.2, 0) is 23.6 Å². The van der Waals surface area contributed by atoms with Crippen molar-refractivity contribution in [3.8, 4) is 0 Å². The maximum Gasteiger partial charge on any atom is 0.259 e. The summed E-state index contributed by atoms with van der Waals surface area (Å²) in [7, 11) is -1.88. The monoisotopic (exact) mass is 267 g/mol. The predicted molar refractivity (Wildman–Crippen MR) is 64.0 cm³/mol. The molecule has 0 bridgehead atoms. The van der Waals surface area contributed by atoms with Gasteiger partial charge in [-0.1, -0.05) is 0 Å². The minimum absolute atomic E-state index is 0.00391. The van der Waals surface area contributed by atoms with Gasteiger partial charge in [0.2, 0.25) is 0 Å². The zero-order valence-electron chi connectivity index (χ0n) is 10.0. The van der Waals surface area contributed by atoms with E-state index < -0.39 is 10.0 Å². The lowest BCUT2D eigenvalue weighted by molar-refractivity contribution is 0.577. The standard InChI is InChI=1S/C10H13N5O2S/c1-8-3-9(12-6-11-8)4-14-18(16,17)10-5-15(2)7-13-10/h3,5-7,14H,4H2,1-2H3. The van der Waals surface area contributed by atoms with E-state index in [0.29, 0.717) is 5.69 Å². The van der Waals surface area contributed by atoms with Gasteiger partial charge in [0.1, 0.15) is 6.33 Å². The van der Waals surface area contributed by atoms with E-state index in [9.17, 15) is 8.42 Å². The Morgan fingerprint density at radius 1 is 1.33 bits per heavy atom. The van der Waals surface area contributed by atoms with Crippen LogP contribution in [0.2, 0.25) is 0 Å². The number of hydrogen-bond donors (Lipinski definition) is 1. The molecular weight excluding hydrogens is 254 g/mol. The van der Waals surface area contributed by atoms with Crippen molar-refractivity contribution in [3.05, 3.63) is 36.3 Å². The highest BCUT2D eigenvalue weighted by Crippen LogP contribution is 2.05. The quantitative estimate of drug-likeness (QED) is 0.842. The third-order valence-electron chi connectivity index (χ3n) is 2.26. The lowest BCUT2D eigenvalue weighted by atomic mass is 10.3. The Balaban J connectivity index is 2.10. The number of imidazole rings is 1. The molecule has 0 aliphatic heterocycles. The SMILES string of the molecule is Cc1cc(CNS(=O)(=O)c2cn(C)cn2)ncn1. The zero-order chi connectivity index (χ0) is 13.2. The number of nitrogens with one attached hydrogen (secondary N) is 1. The first kappa shape index (κ1) is 12.7. The number of aryl methyl sites for hydroxylation is 2. The maximum absolute atomic E-state index is 11.9. The number of sulfonamides is 1. The Morgan fingerprint density at radius 3 is 2.72 bits per heavy atom. The Labute approximate surface area is 105 Å². The fraction of sp³-hybridized carbons (Fsp3) is 0.300. The molecule has 0 aromatic carbocycles. The molecule has 0 aliphatic carbocycles. The fourth-order valence-corrected chi connectivity index (χ4v) is 2.35. The van der Waals surface area contributed by atoms with Gasteiger partial charge in [0.15, 0.2) is 5.03 Å². The molecule has 0 saturated heterocycles. The summed E-state index contributed by atoms with van der Waals surface area (Å²) in [6, 6.07) is 1.72. The smallest absolute Gasteiger partial charge is 0.259 e. The summed E-state index contributed by atoms with van der Waals surface area (Å²) >= 11 is 0. The first-order chi connectivity index (χ1) is 8.47. The van der Waals surface area contributed by atoms with Crippen LogP contribution in [0.25, 0.3) is 0 Å². The summed E-state index contributed by atoms with van der Waals surface area (Å²) in [6.07, 6.45) is 4.27. The van der Waals surface area contributed by atoms with E-state index >= 15 is 0 Å². The molecule has 2 rings (SSSR count). The van der Waals surface area contributed by atoms with Crippen molar-refractivity contribution in [1.29, 1.82) is 0 Å². The molecule has 0 fully saturated rings. The van der Waals surface area contributed by atoms with Crippen LogP contribution in [0.3, 0.4) is 0 Å². The van der Waals surface area contributed by atoms with Crippen LogP contribution in [-0.4, -0.2) is 27.9 Å². The first-order valence-electron chi connectivity index (χ1n) is 5.22. The van der Waals surface area contributed by atoms with Gasteiger partial charge in [0, 0.05) is 18.9 Å². The van der Waals surface area contributed by atoms with Crippen LogP contribution < -0.4 is 4.72 Å². The van der Waals surface area contributed by atoms with Crippen LogP contribution in [0.1, 0.15) is 11.4 Å². The molecule has 18 heavy (non-hydrogen) atoms. The van der Waals surface area contributed by atoms with Gasteiger partial charge in [0.25, 0.3) is 10.0 Å². The molecule has 0 unspecified atom stereocenters. The maximum atomic E-state index is 11.9. The third kappa shape index (κ3) is 2.90. The summed E-state index contributed by atoms with van der Waals surface area (Å²) in [4.78, 5) is 11.7. The highest BCUT2D eigenvalue weighted by Gasteiger charge is 2.16. The van der Waals surface area contributed by atoms with Gasteiger partial charge in [-0.25, -0.2) is 28.1 Å². The van der Waals surface area contributed by atoms with Crippen molar-refractivity contribution < 1.29 is 8.42 Å². The molecule has 0 amide bonds. The van der Waals surface area contributed by atoms with Crippen molar-refractivity contribution in [2.75, 3.05) is 0 Å². The number of rotatable bonds is 4. The second kappa shape index (κ2) is 4.83. The molecule has 2 aromatic rings. The highest BCUT2D eigenvalue weighted by molar-refractivity contribution is 7.89. The summed E-state index contributed by atoms with van der Waals surface area (Å²) in [5, 5.41) is -0.00391. The van der Waals surface area contributed by atoms with Crippen molar-refractivity contribution in [2.24, 2.45) is 7.05 Å². The number of aromatic nitrogens is 4. The highest BCUT2D eigenvalue weighted by atomic mass is 32.2. The van der Waals surface area contributed by atoms with Crippen molar-refractivity contribution in [3.63, 3.8) is 0 Å². The van der Waals surface area contributed by atoms with Gasteiger partial charge in [-0.2, -0.15) is 0 Å². The molecule has 0 atom stereocenters. The van der Waals surface area contributed by atoms with Crippen LogP contribution in [0.15, 0.2) is 29.9 Å². The van der Waals surface area contributed by atoms with Gasteiger partial charge in [-0.15, -0.1) is 0 Å². The number of hydrogen-bond acceptors (Lipinski definition) is 5. The van der Waals surface area contributed by atoms with E-state index in [4.69, 9.17) is 0 Å². The Bertz CT molecular complexity index is 650. The first-order valence-corrected chi connectivity index (χ1v) is 6.71. The van der Waals surface area contributed by atoms with Gasteiger partial charge in [-0.3, -0.25) is 0 Å². The third-order valence-corrected chi connectivity index (χ3v) is 3.55. The van der Waals surface area contributed by atoms with E-state index in [1.165, 1.54) is 18.9 Å². The van der Waals surface area contributed by atoms with Gasteiger partial charge in [0.05, 0.1) is 18.6 Å². The molecule has 2 heterocycles. The summed E-state index contributed by atoms with van der Waals surface area (Å²) < 4.78 is 27.8. The van der Waals surface area contributed by atoms with Crippen molar-refractivity contribution in [2.45, 2.75) is 18.5 Å². The van der Waals surface area contributed by atoms with Crippen LogP contribution in [0.5, 0.6) is 0 Å². The fourth-order valence-electron chi connectivity index (χ4n) is 1.38. The summed E-state index contributed by atoms with van der Waals surface area (Å²) in [5.41, 5.74) is 1.40. The number of nitrogens with zero attached hydrogens (tertiary/aromatic N) is 4. The average molecular weight is 267 g/mol. The largest absolute Gasteiger partial charge is 0.339 e. The van der Waals surface area contributed by atoms with E-state index in [2.05, 4.69) is 19.7 Å². The van der Waals surface area contributed by atoms with Crippen LogP contribution >= 0.6 is 0 Å². The Morgan fingerprint density at radius 2 is 2.11 bits per heavy atom. The molecule has 0 radical (unpaired) electrons. The molecular formula is C10H13N5O2S. The molecule has 7 nitrogen and oxygen atoms in total. The lowest BCUT2D eigenvalue weighted by Crippen LogP contribution is -2.24. The molecule has 0 saturated carbocycles. The molecule has 1 N–H and O–H groups in total. The van der Waals surface area contributed by atoms with Crippen molar-refractivity contribution in [1.82, 2.24) is 24.2 Å². The summed E-state index contributed by atoms with van der Waals surface area (Å²) in [6.45, 7) is 1.93. The van der Waals surface area contributed by atoms with Crippen LogP contribution in [0, 0.1) is 6.92 Å². The average Bonchev–Trinajstić information content (AvgIpc) is 2.74. The predicted octanol–water partition coefficient (Wildman–Crippen LogP) is -0.00298. The second-order valence-corrected chi connectivity index (χ2v) is 5.57. The van der Waals surface area contributed by atoms with E-state index in [-0.39, 0.29) is 11.6 Å². The summed E-state index contributed by atoms with van der Waals surface area (Å²) in [5.74, 6) is 0. The van der Waals surface area contributed by atoms with Gasteiger partial charge in [-0.05, 0) is 13.0 Å². The molecule has 8 heteroatoms. The Hall–Kier alpha value is -1.80. The van der Waals surface area contributed by atoms with Gasteiger partial charge >= 0.3 is 0 Å². The molecule has 2 aromatic heterocycles. The minimum Gasteiger partial charge on any atom is -0.339 e. The van der Waals surface area contributed by atoms with Crippen LogP contribution in [0.4, 0.5) is 0 Å². The minimum atomic E-state index is -3.59. The van der Waals surface area contributed by atoms with Gasteiger partial charge < -0.3 is 4.57 Å². The molecule has 96 valence electrons. The lowest BCUT2D eigenvalue weighted by Gasteiger charge is -2.03. The van der Waals surface area contributed by atoms with Crippen molar-refractivity contribution >= 4 is 10.0 Å². The second-order valence-electron chi connectivity index (χ2n) is 3.85. The van der Waals surface area contributed by atoms with E-state index in [1.54, 1.807) is 17.7 Å². The molecule has 0 spiro atoms. The van der Waals surface area contributed by atoms with E-state index in [0.717, 1.165) is 5.69 Å². The van der Waals surface area contributed by atoms with E-state index in [1.807, 2.05) is 6.92 Å². The topological polar surface area (TPSA) is 89.8 Å².